The lowest BCUT2D eigenvalue weighted by Gasteiger charge is -2.26. The molecule has 0 aromatic heterocycles. The van der Waals surface area contributed by atoms with Crippen molar-refractivity contribution in [2.45, 2.75) is 58.4 Å². The number of phenols is 1. The zero-order valence-electron chi connectivity index (χ0n) is 20.0. The van der Waals surface area contributed by atoms with Crippen LogP contribution in [0.5, 0.6) is 11.5 Å². The van der Waals surface area contributed by atoms with E-state index in [1.54, 1.807) is 18.2 Å². The van der Waals surface area contributed by atoms with Crippen LogP contribution in [0.25, 0.3) is 5.76 Å². The number of aliphatic hydroxyl groups is 1. The maximum absolute atomic E-state index is 13.2. The largest absolute Gasteiger partial charge is 0.508 e. The molecular formula is C27H33NO5. The summed E-state index contributed by atoms with van der Waals surface area (Å²) in [4.78, 5) is 27.7. The van der Waals surface area contributed by atoms with E-state index < -0.39 is 17.7 Å². The van der Waals surface area contributed by atoms with Gasteiger partial charge >= 0.3 is 0 Å². The number of phenolic OH excluding ortho intramolecular Hbond substituents is 1. The van der Waals surface area contributed by atoms with Crippen LogP contribution in [0, 0.1) is 0 Å². The van der Waals surface area contributed by atoms with Gasteiger partial charge in [0, 0.05) is 6.54 Å². The van der Waals surface area contributed by atoms with Crippen LogP contribution in [-0.4, -0.2) is 40.5 Å². The van der Waals surface area contributed by atoms with Gasteiger partial charge in [0.05, 0.1) is 24.3 Å². The van der Waals surface area contributed by atoms with E-state index in [9.17, 15) is 19.8 Å². The lowest BCUT2D eigenvalue weighted by Crippen LogP contribution is -2.30. The Kier molecular flexibility index (Phi) is 7.15. The minimum Gasteiger partial charge on any atom is -0.508 e. The summed E-state index contributed by atoms with van der Waals surface area (Å²) < 4.78 is 5.48. The summed E-state index contributed by atoms with van der Waals surface area (Å²) in [5.41, 5.74) is 1.83. The third kappa shape index (κ3) is 4.90. The fourth-order valence-electron chi connectivity index (χ4n) is 4.15. The maximum Gasteiger partial charge on any atom is 0.295 e. The zero-order chi connectivity index (χ0) is 24.3. The van der Waals surface area contributed by atoms with Crippen LogP contribution in [0.3, 0.4) is 0 Å². The predicted octanol–water partition coefficient (Wildman–Crippen LogP) is 5.31. The number of rotatable bonds is 7. The Hall–Kier alpha value is -3.28. The van der Waals surface area contributed by atoms with Crippen molar-refractivity contribution in [2.24, 2.45) is 0 Å². The Balaban J connectivity index is 2.21. The first kappa shape index (κ1) is 24.4. The second kappa shape index (κ2) is 9.69. The quantitative estimate of drug-likeness (QED) is 0.258. The van der Waals surface area contributed by atoms with Gasteiger partial charge in [0.25, 0.3) is 11.7 Å². The number of hydrogen-bond donors (Lipinski definition) is 2. The number of methoxy groups -OCH3 is 1. The molecule has 1 amide bonds. The number of aliphatic hydroxyl groups excluding tert-OH is 1. The highest BCUT2D eigenvalue weighted by Crippen LogP contribution is 2.42. The first-order chi connectivity index (χ1) is 15.6. The Morgan fingerprint density at radius 2 is 1.73 bits per heavy atom. The first-order valence-corrected chi connectivity index (χ1v) is 11.4. The highest BCUT2D eigenvalue weighted by molar-refractivity contribution is 6.46. The number of likely N-dealkylation sites (tertiary alicyclic amines) is 1. The van der Waals surface area contributed by atoms with Crippen molar-refractivity contribution in [3.05, 3.63) is 64.7 Å². The van der Waals surface area contributed by atoms with Gasteiger partial charge in [-0.3, -0.25) is 9.59 Å². The molecule has 2 aromatic carbocycles. The molecule has 1 saturated heterocycles. The fourth-order valence-corrected chi connectivity index (χ4v) is 4.15. The summed E-state index contributed by atoms with van der Waals surface area (Å²) in [6.45, 7) is 8.64. The van der Waals surface area contributed by atoms with E-state index in [0.717, 1.165) is 24.8 Å². The molecule has 1 aliphatic heterocycles. The van der Waals surface area contributed by atoms with Crippen molar-refractivity contribution in [3.8, 4) is 11.5 Å². The Morgan fingerprint density at radius 3 is 2.30 bits per heavy atom. The standard InChI is InChI=1S/C27H33NO5/c1-6-7-8-15-28-23(17-9-12-19(29)13-10-17)22(25(31)26(28)32)24(30)20-16-18(27(2,3)4)11-14-21(20)33-5/h9-14,16,23,29-30H,6-8,15H2,1-5H3/b24-22+. The normalized spacial score (nSPS) is 18.1. The van der Waals surface area contributed by atoms with Crippen molar-refractivity contribution in [1.82, 2.24) is 4.90 Å². The molecule has 1 atom stereocenters. The highest BCUT2D eigenvalue weighted by Gasteiger charge is 2.46. The number of Topliss-reactive ketones (excluding diaryl/α,β-unsaturated/α-hetero) is 1. The molecular weight excluding hydrogens is 418 g/mol. The van der Waals surface area contributed by atoms with E-state index in [0.29, 0.717) is 23.4 Å². The van der Waals surface area contributed by atoms with Crippen molar-refractivity contribution >= 4 is 17.4 Å². The maximum atomic E-state index is 13.2. The summed E-state index contributed by atoms with van der Waals surface area (Å²) in [6, 6.07) is 11.1. The van der Waals surface area contributed by atoms with Crippen molar-refractivity contribution in [1.29, 1.82) is 0 Å². The zero-order valence-corrected chi connectivity index (χ0v) is 20.0. The van der Waals surface area contributed by atoms with E-state index >= 15 is 0 Å². The highest BCUT2D eigenvalue weighted by atomic mass is 16.5. The molecule has 0 radical (unpaired) electrons. The summed E-state index contributed by atoms with van der Waals surface area (Å²) in [5.74, 6) is -1.10. The summed E-state index contributed by atoms with van der Waals surface area (Å²) in [5, 5.41) is 21.2. The number of carbonyl (C=O) groups is 2. The number of ether oxygens (including phenoxy) is 1. The van der Waals surface area contributed by atoms with Gasteiger partial charge in [-0.15, -0.1) is 0 Å². The second-order valence-corrected chi connectivity index (χ2v) is 9.46. The van der Waals surface area contributed by atoms with Crippen LogP contribution in [0.2, 0.25) is 0 Å². The smallest absolute Gasteiger partial charge is 0.295 e. The molecule has 6 heteroatoms. The molecule has 0 aliphatic carbocycles. The molecule has 0 bridgehead atoms. The minimum absolute atomic E-state index is 0.0338. The van der Waals surface area contributed by atoms with Crippen molar-refractivity contribution in [3.63, 3.8) is 0 Å². The monoisotopic (exact) mass is 451 g/mol. The number of unbranched alkanes of at least 4 members (excludes halogenated alkanes) is 2. The van der Waals surface area contributed by atoms with E-state index in [2.05, 4.69) is 27.7 Å². The lowest BCUT2D eigenvalue weighted by atomic mass is 9.85. The SMILES string of the molecule is CCCCCN1C(=O)C(=O)/C(=C(/O)c2cc(C(C)(C)C)ccc2OC)C1c1ccc(O)cc1. The molecule has 1 unspecified atom stereocenters. The molecule has 2 aromatic rings. The molecule has 6 nitrogen and oxygen atoms in total. The number of ketones is 1. The van der Waals surface area contributed by atoms with Crippen LogP contribution >= 0.6 is 0 Å². The third-order valence-corrected chi connectivity index (χ3v) is 6.07. The van der Waals surface area contributed by atoms with Gasteiger partial charge < -0.3 is 19.8 Å². The van der Waals surface area contributed by atoms with Gasteiger partial charge in [0.1, 0.15) is 17.3 Å². The van der Waals surface area contributed by atoms with Crippen LogP contribution in [-0.2, 0) is 15.0 Å². The van der Waals surface area contributed by atoms with Crippen LogP contribution in [0.15, 0.2) is 48.0 Å². The summed E-state index contributed by atoms with van der Waals surface area (Å²) in [6.07, 6.45) is 2.65. The molecule has 33 heavy (non-hydrogen) atoms. The van der Waals surface area contributed by atoms with E-state index in [1.807, 2.05) is 12.1 Å². The first-order valence-electron chi connectivity index (χ1n) is 11.4. The van der Waals surface area contributed by atoms with Crippen molar-refractivity contribution < 1.29 is 24.5 Å². The summed E-state index contributed by atoms with van der Waals surface area (Å²) in [7, 11) is 1.50. The van der Waals surface area contributed by atoms with Crippen LogP contribution in [0.4, 0.5) is 0 Å². The fraction of sp³-hybridized carbons (Fsp3) is 0.407. The number of amides is 1. The third-order valence-electron chi connectivity index (χ3n) is 6.07. The van der Waals surface area contributed by atoms with Gasteiger partial charge in [0.2, 0.25) is 0 Å². The number of hydrogen-bond acceptors (Lipinski definition) is 5. The van der Waals surface area contributed by atoms with E-state index in [4.69, 9.17) is 4.74 Å². The van der Waals surface area contributed by atoms with E-state index in [1.165, 1.54) is 24.1 Å². The summed E-state index contributed by atoms with van der Waals surface area (Å²) >= 11 is 0. The van der Waals surface area contributed by atoms with Crippen molar-refractivity contribution in [2.75, 3.05) is 13.7 Å². The van der Waals surface area contributed by atoms with E-state index in [-0.39, 0.29) is 22.5 Å². The van der Waals surface area contributed by atoms with Gasteiger partial charge in [-0.05, 0) is 47.2 Å². The molecule has 2 N–H and O–H groups in total. The second-order valence-electron chi connectivity index (χ2n) is 9.46. The molecule has 1 heterocycles. The molecule has 176 valence electrons. The average molecular weight is 452 g/mol. The number of carbonyl (C=O) groups excluding carboxylic acids is 2. The van der Waals surface area contributed by atoms with Gasteiger partial charge in [-0.25, -0.2) is 0 Å². The average Bonchev–Trinajstić information content (AvgIpc) is 3.03. The molecule has 0 saturated carbocycles. The molecule has 3 rings (SSSR count). The molecule has 1 aliphatic rings. The Morgan fingerprint density at radius 1 is 1.06 bits per heavy atom. The van der Waals surface area contributed by atoms with Gasteiger partial charge in [0.15, 0.2) is 0 Å². The number of aromatic hydroxyl groups is 1. The molecule has 0 spiro atoms. The van der Waals surface area contributed by atoms with Crippen LogP contribution < -0.4 is 4.74 Å². The van der Waals surface area contributed by atoms with Gasteiger partial charge in [-0.1, -0.05) is 58.7 Å². The number of benzene rings is 2. The van der Waals surface area contributed by atoms with Crippen LogP contribution in [0.1, 0.15) is 69.7 Å². The molecule has 1 fully saturated rings. The Labute approximate surface area is 195 Å². The lowest BCUT2D eigenvalue weighted by molar-refractivity contribution is -0.139. The predicted molar refractivity (Wildman–Crippen MR) is 128 cm³/mol. The topological polar surface area (TPSA) is 87.1 Å². The number of nitrogens with zero attached hydrogens (tertiary/aromatic N) is 1. The van der Waals surface area contributed by atoms with Gasteiger partial charge in [-0.2, -0.15) is 0 Å². The minimum atomic E-state index is -0.745. The Bertz CT molecular complexity index is 1060.